The molecule has 0 heterocycles. The van der Waals surface area contributed by atoms with Gasteiger partial charge in [0.05, 0.1) is 32.3 Å². The molecule has 7 rings (SSSR count). The van der Waals surface area contributed by atoms with Gasteiger partial charge in [-0.15, -0.1) is 55.9 Å². The van der Waals surface area contributed by atoms with E-state index in [0.717, 1.165) is 54.6 Å². The van der Waals surface area contributed by atoms with Gasteiger partial charge in [-0.1, -0.05) is 6.07 Å². The highest BCUT2D eigenvalue weighted by Gasteiger charge is 2.29. The zero-order valence-electron chi connectivity index (χ0n) is 39.6. The molecule has 0 spiro atoms. The highest BCUT2D eigenvalue weighted by molar-refractivity contribution is 7.87. The van der Waals surface area contributed by atoms with E-state index in [9.17, 15) is 90.0 Å². The van der Waals surface area contributed by atoms with Crippen molar-refractivity contribution in [3.63, 3.8) is 0 Å². The van der Waals surface area contributed by atoms with Crippen molar-refractivity contribution in [2.45, 2.75) is 24.5 Å². The van der Waals surface area contributed by atoms with Crippen LogP contribution in [0.2, 0.25) is 0 Å². The second-order valence-electron chi connectivity index (χ2n) is 15.1. The van der Waals surface area contributed by atoms with Crippen LogP contribution in [-0.4, -0.2) is 112 Å². The summed E-state index contributed by atoms with van der Waals surface area (Å²) in [6.07, 6.45) is 0. The minimum Gasteiger partial charge on any atom is -0.505 e. The first-order chi connectivity index (χ1) is 38.3. The monoisotopic (exact) mass is 1290 g/mol. The van der Waals surface area contributed by atoms with Crippen LogP contribution >= 0.6 is 0 Å². The van der Waals surface area contributed by atoms with Crippen molar-refractivity contribution in [1.82, 2.24) is 0 Å². The molecule has 0 radical (unpaired) electrons. The quantitative estimate of drug-likeness (QED) is 0.0131. The maximum atomic E-state index is 13.0. The molecule has 0 amide bonds. The number of non-ortho nitro benzene ring substituents is 1. The number of phenolic OH excluding ortho intramolecular Hbond substituents is 2. The van der Waals surface area contributed by atoms with Crippen LogP contribution in [0.3, 0.4) is 0 Å². The van der Waals surface area contributed by atoms with Crippen molar-refractivity contribution in [3.05, 3.63) is 107 Å². The molecule has 0 aliphatic rings. The molecule has 436 valence electrons. The topological polar surface area (TPSA) is 609 Å². The first-order valence-electron chi connectivity index (χ1n) is 20.5. The van der Waals surface area contributed by atoms with Crippen LogP contribution in [0.4, 0.5) is 56.9 Å². The van der Waals surface area contributed by atoms with E-state index >= 15 is 0 Å². The summed E-state index contributed by atoms with van der Waals surface area (Å²) in [5.74, 6) is -2.41. The van der Waals surface area contributed by atoms with Gasteiger partial charge >= 0.3 is 21.2 Å². The molecule has 0 bridgehead atoms. The molecule has 0 saturated heterocycles. The molecule has 0 aliphatic carbocycles. The van der Waals surface area contributed by atoms with E-state index in [0.29, 0.717) is 18.2 Å². The number of phenols is 2. The largest absolute Gasteiger partial charge is 0.505 e. The Morgan fingerprint density at radius 2 is 0.964 bits per heavy atom. The number of azo groups is 4. The van der Waals surface area contributed by atoms with E-state index in [4.69, 9.17) is 35.7 Å². The molecule has 83 heavy (non-hydrogen) atoms. The van der Waals surface area contributed by atoms with Crippen molar-refractivity contribution in [2.75, 3.05) is 5.73 Å². The summed E-state index contributed by atoms with van der Waals surface area (Å²) in [5, 5.41) is 61.2. The van der Waals surface area contributed by atoms with Crippen LogP contribution in [0.15, 0.2) is 162 Å². The second kappa shape index (κ2) is 25.1. The molecule has 0 aromatic heterocycles. The molecule has 0 aliphatic heterocycles. The molecular weight excluding hydrogens is 1260 g/mol. The van der Waals surface area contributed by atoms with E-state index in [1.54, 1.807) is 0 Å². The molecule has 44 heteroatoms. The van der Waals surface area contributed by atoms with E-state index < -0.39 is 174 Å². The maximum Gasteiger partial charge on any atom is 0.425 e. The lowest BCUT2D eigenvalue weighted by Gasteiger charge is -2.13. The number of nitrogens with zero attached hydrogens (tertiary/aromatic N) is 9. The Labute approximate surface area is 464 Å². The van der Waals surface area contributed by atoms with Gasteiger partial charge in [-0.3, -0.25) is 37.7 Å². The van der Waals surface area contributed by atoms with Crippen LogP contribution < -0.4 is 10.5 Å². The van der Waals surface area contributed by atoms with Gasteiger partial charge in [0.15, 0.2) is 17.2 Å². The number of nitrogen functional groups attached to an aromatic ring is 1. The zero-order chi connectivity index (χ0) is 62.3. The Hall–Kier alpha value is -9.48. The normalized spacial score (nSPS) is 12.3. The summed E-state index contributed by atoms with van der Waals surface area (Å²) in [7, 11) is -32.4. The maximum absolute atomic E-state index is 13.0. The Kier molecular flexibility index (Phi) is 19.5. The van der Waals surface area contributed by atoms with Crippen LogP contribution in [0.5, 0.6) is 17.2 Å². The number of hydrogen-bond donors (Lipinski definition) is 8. The molecule has 0 unspecified atom stereocenters. The summed E-state index contributed by atoms with van der Waals surface area (Å²) >= 11 is 0. The SMILES string of the molecule is Nc1c(N=Nc2ccc3c(O)c(N=Nc4ccc(N=Nc5cc(S(=O)(=O)O)ccc5OC=O)cc4)c(S(=O)(=O)O)cc3c2S(=O)(=O)O)cc(S(=O)(=O)O)c2ccc(N=Nc3ccc([N+](=O)[O-])cc3S(=O)(=O)O)c(O)c12.O=S(=O)=O.O=S(=O)=O. The number of rotatable bonds is 16. The predicted molar refractivity (Wildman–Crippen MR) is 273 cm³/mol. The molecule has 37 nitrogen and oxygen atoms in total. The highest BCUT2D eigenvalue weighted by atomic mass is 32.2. The number of nitro groups is 1. The minimum atomic E-state index is -5.58. The lowest BCUT2D eigenvalue weighted by Crippen LogP contribution is -2.03. The van der Waals surface area contributed by atoms with E-state index in [1.807, 2.05) is 0 Å². The Morgan fingerprint density at radius 3 is 1.48 bits per heavy atom. The molecule has 0 fully saturated rings. The van der Waals surface area contributed by atoms with Gasteiger partial charge in [-0.05, 0) is 78.9 Å². The summed E-state index contributed by atoms with van der Waals surface area (Å²) < 4.78 is 229. The number of benzene rings is 7. The molecule has 0 atom stereocenters. The smallest absolute Gasteiger partial charge is 0.425 e. The van der Waals surface area contributed by atoms with Crippen LogP contribution in [-0.2, 0) is 76.6 Å². The Morgan fingerprint density at radius 1 is 0.482 bits per heavy atom. The number of carbonyl (C=O) groups excluding carboxylic acids is 1. The summed E-state index contributed by atoms with van der Waals surface area (Å²) in [5.41, 5.74) is 0.585. The van der Waals surface area contributed by atoms with E-state index in [1.165, 1.54) is 24.3 Å². The highest BCUT2D eigenvalue weighted by Crippen LogP contribution is 2.48. The van der Waals surface area contributed by atoms with Gasteiger partial charge in [-0.2, -0.15) is 52.3 Å². The number of nitro benzene ring substituents is 1. The molecule has 7 aromatic carbocycles. The van der Waals surface area contributed by atoms with E-state index in [-0.39, 0.29) is 29.3 Å². The fourth-order valence-corrected chi connectivity index (χ4v) is 10.0. The minimum absolute atomic E-state index is 0.0241. The number of anilines is 1. The summed E-state index contributed by atoms with van der Waals surface area (Å²) in [6, 6.07) is 14.4. The number of hydrogen-bond acceptors (Lipinski definition) is 31. The van der Waals surface area contributed by atoms with Gasteiger partial charge in [0.2, 0.25) is 0 Å². The standard InChI is InChI=1S/C39H26N10O21S5.2O3S/c40-35-29(16-31(72(58,59)60)23-8-10-26(38(52)34(23)35)44-43-25-9-5-20(49(53)54)13-32(25)73(61,62)63)47-45-27-11-7-22-24(39(27)75(67,68)69)15-33(74(64,65)66)36(37(22)51)48-42-19-3-1-18(2-4-19)41-46-28-14-21(71(55,56)57)6-12-30(28)70-17-50;2*1-4(2)3/h1-17,51-52H,40H2,(H,55,56,57)(H,58,59,60)(H,61,62,63)(H,64,65,66)(H,67,68,69);;. The van der Waals surface area contributed by atoms with Crippen LogP contribution in [0.1, 0.15) is 0 Å². The average molecular weight is 1290 g/mol. The van der Waals surface area contributed by atoms with Gasteiger partial charge in [0.25, 0.3) is 62.8 Å². The molecule has 0 saturated carbocycles. The second-order valence-corrected chi connectivity index (χ2v) is 22.9. The van der Waals surface area contributed by atoms with Gasteiger partial charge in [0, 0.05) is 28.3 Å². The lowest BCUT2D eigenvalue weighted by molar-refractivity contribution is -0.385. The molecule has 7 aromatic rings. The molecule has 9 N–H and O–H groups in total. The Bertz CT molecular complexity index is 4800. The average Bonchev–Trinajstić information content (AvgIpc) is 3.02. The number of fused-ring (bicyclic) bond motifs is 2. The number of ether oxygens (including phenoxy) is 1. The van der Waals surface area contributed by atoms with Crippen molar-refractivity contribution in [1.29, 1.82) is 0 Å². The fourth-order valence-electron chi connectivity index (χ4n) is 6.68. The number of aromatic hydroxyl groups is 2. The zero-order valence-corrected chi connectivity index (χ0v) is 45.3. The lowest BCUT2D eigenvalue weighted by atomic mass is 10.1. The predicted octanol–water partition coefficient (Wildman–Crippen LogP) is 6.32. The summed E-state index contributed by atoms with van der Waals surface area (Å²) in [6.45, 7) is 0.0241. The van der Waals surface area contributed by atoms with Gasteiger partial charge in [-0.25, -0.2) is 0 Å². The van der Waals surface area contributed by atoms with Crippen molar-refractivity contribution < 1.29 is 115 Å². The van der Waals surface area contributed by atoms with E-state index in [2.05, 4.69) is 40.9 Å². The van der Waals surface area contributed by atoms with Gasteiger partial charge < -0.3 is 20.7 Å². The first-order valence-corrected chi connectivity index (χ1v) is 29.7. The van der Waals surface area contributed by atoms with Crippen LogP contribution in [0.25, 0.3) is 21.5 Å². The first kappa shape index (κ1) is 64.3. The third-order valence-corrected chi connectivity index (χ3v) is 14.4. The van der Waals surface area contributed by atoms with Crippen molar-refractivity contribution in [3.8, 4) is 17.2 Å². The van der Waals surface area contributed by atoms with Gasteiger partial charge in [0.1, 0.15) is 53.7 Å². The fraction of sp³-hybridized carbons (Fsp3) is 0. The third kappa shape index (κ3) is 16.1. The van der Waals surface area contributed by atoms with Crippen molar-refractivity contribution >= 4 is 157 Å². The van der Waals surface area contributed by atoms with Crippen molar-refractivity contribution in [2.24, 2.45) is 40.9 Å². The Balaban J connectivity index is 0.00000148. The number of carbonyl (C=O) groups is 1. The summed E-state index contributed by atoms with van der Waals surface area (Å²) in [4.78, 5) is 15.9. The molecular formula is C39H26N10O27S7. The number of nitrogens with two attached hydrogens (primary N) is 1. The third-order valence-electron chi connectivity index (χ3n) is 9.97. The van der Waals surface area contributed by atoms with Crippen LogP contribution in [0, 0.1) is 10.1 Å².